The Balaban J connectivity index is 1.83. The summed E-state index contributed by atoms with van der Waals surface area (Å²) in [5.74, 6) is -0.762. The largest absolute Gasteiger partial charge is 0.342 e. The lowest BCUT2D eigenvalue weighted by Gasteiger charge is -2.21. The van der Waals surface area contributed by atoms with Gasteiger partial charge in [-0.2, -0.15) is 0 Å². The predicted molar refractivity (Wildman–Crippen MR) is 97.1 cm³/mol. The first-order chi connectivity index (χ1) is 11.9. The summed E-state index contributed by atoms with van der Waals surface area (Å²) in [4.78, 5) is 25.4. The summed E-state index contributed by atoms with van der Waals surface area (Å²) in [7, 11) is 0. The average molecular weight is 363 g/mol. The van der Waals surface area contributed by atoms with E-state index in [2.05, 4.69) is 5.32 Å². The summed E-state index contributed by atoms with van der Waals surface area (Å²) in [6, 6.07) is 13.1. The normalized spacial score (nSPS) is 10.4. The molecule has 132 valence electrons. The molecule has 0 bridgehead atoms. The Kier molecular flexibility index (Phi) is 6.95. The third kappa shape index (κ3) is 6.55. The maximum Gasteiger partial charge on any atom is 0.226 e. The van der Waals surface area contributed by atoms with Gasteiger partial charge in [-0.3, -0.25) is 9.59 Å². The zero-order valence-corrected chi connectivity index (χ0v) is 14.7. The Morgan fingerprint density at radius 1 is 1.12 bits per heavy atom. The van der Waals surface area contributed by atoms with E-state index in [0.29, 0.717) is 30.2 Å². The van der Waals surface area contributed by atoms with E-state index in [0.717, 1.165) is 5.56 Å². The number of anilines is 1. The number of carbonyl (C=O) groups is 2. The van der Waals surface area contributed by atoms with Crippen LogP contribution in [0.4, 0.5) is 10.1 Å². The fraction of sp³-hybridized carbons (Fsp3) is 0.263. The molecule has 4 nitrogen and oxygen atoms in total. The molecule has 0 saturated carbocycles. The second-order valence-corrected chi connectivity index (χ2v) is 6.13. The van der Waals surface area contributed by atoms with Crippen molar-refractivity contribution in [1.82, 2.24) is 4.90 Å². The highest BCUT2D eigenvalue weighted by Gasteiger charge is 2.12. The Morgan fingerprint density at radius 3 is 2.48 bits per heavy atom. The minimum atomic E-state index is -0.411. The van der Waals surface area contributed by atoms with Crippen LogP contribution in [0.1, 0.15) is 18.9 Å². The van der Waals surface area contributed by atoms with Gasteiger partial charge < -0.3 is 10.2 Å². The van der Waals surface area contributed by atoms with Gasteiger partial charge in [0.05, 0.1) is 0 Å². The lowest BCUT2D eigenvalue weighted by molar-refractivity contribution is -0.129. The molecule has 0 heterocycles. The van der Waals surface area contributed by atoms with Crippen molar-refractivity contribution in [2.24, 2.45) is 0 Å². The van der Waals surface area contributed by atoms with Crippen molar-refractivity contribution in [3.63, 3.8) is 0 Å². The van der Waals surface area contributed by atoms with Crippen molar-refractivity contribution in [2.45, 2.75) is 19.8 Å². The minimum absolute atomic E-state index is 0.0903. The van der Waals surface area contributed by atoms with Gasteiger partial charge in [-0.15, -0.1) is 0 Å². The van der Waals surface area contributed by atoms with E-state index in [9.17, 15) is 14.0 Å². The molecule has 0 aromatic heterocycles. The molecular formula is C19H20ClFN2O2. The Bertz CT molecular complexity index is 734. The predicted octanol–water partition coefficient (Wildman–Crippen LogP) is 3.90. The van der Waals surface area contributed by atoms with E-state index in [4.69, 9.17) is 11.6 Å². The number of benzene rings is 2. The lowest BCUT2D eigenvalue weighted by atomic mass is 10.1. The maximum absolute atomic E-state index is 13.1. The molecular weight excluding hydrogens is 343 g/mol. The first kappa shape index (κ1) is 18.9. The lowest BCUT2D eigenvalue weighted by Crippen LogP contribution is -2.33. The highest BCUT2D eigenvalue weighted by molar-refractivity contribution is 6.30. The highest BCUT2D eigenvalue weighted by atomic mass is 35.5. The van der Waals surface area contributed by atoms with Gasteiger partial charge in [0, 0.05) is 37.1 Å². The van der Waals surface area contributed by atoms with Crippen molar-refractivity contribution in [3.8, 4) is 0 Å². The van der Waals surface area contributed by atoms with Gasteiger partial charge in [0.25, 0.3) is 0 Å². The molecule has 0 fully saturated rings. The zero-order chi connectivity index (χ0) is 18.2. The maximum atomic E-state index is 13.1. The molecule has 0 atom stereocenters. The number of nitrogens with zero attached hydrogens (tertiary/aromatic N) is 1. The Labute approximate surface area is 151 Å². The summed E-state index contributed by atoms with van der Waals surface area (Å²) in [5, 5.41) is 3.29. The van der Waals surface area contributed by atoms with Gasteiger partial charge in [0.15, 0.2) is 0 Å². The summed E-state index contributed by atoms with van der Waals surface area (Å²) in [5.41, 5.74) is 1.47. The number of halogens is 2. The zero-order valence-electron chi connectivity index (χ0n) is 14.0. The highest BCUT2D eigenvalue weighted by Crippen LogP contribution is 2.11. The Hall–Kier alpha value is -2.40. The van der Waals surface area contributed by atoms with E-state index in [1.54, 1.807) is 23.1 Å². The molecule has 2 aromatic rings. The van der Waals surface area contributed by atoms with Crippen LogP contribution in [-0.4, -0.2) is 29.8 Å². The average Bonchev–Trinajstić information content (AvgIpc) is 2.56. The van der Waals surface area contributed by atoms with Crippen molar-refractivity contribution >= 4 is 29.1 Å². The van der Waals surface area contributed by atoms with E-state index >= 15 is 0 Å². The first-order valence-corrected chi connectivity index (χ1v) is 8.37. The quantitative estimate of drug-likeness (QED) is 0.812. The second-order valence-electron chi connectivity index (χ2n) is 5.69. The molecule has 1 N–H and O–H groups in total. The van der Waals surface area contributed by atoms with Gasteiger partial charge in [-0.25, -0.2) is 4.39 Å². The summed E-state index contributed by atoms with van der Waals surface area (Å²) < 4.78 is 13.1. The molecule has 0 aliphatic carbocycles. The molecule has 25 heavy (non-hydrogen) atoms. The number of rotatable bonds is 7. The van der Waals surface area contributed by atoms with Gasteiger partial charge in [0.1, 0.15) is 5.82 Å². The fourth-order valence-electron chi connectivity index (χ4n) is 2.37. The standard InChI is InChI=1S/C19H20ClFN2O2/c1-14(24)23(11-9-15-5-7-16(20)8-6-15)12-10-19(25)22-18-4-2-3-17(21)13-18/h2-8,13H,9-12H2,1H3,(H,22,25). The molecule has 2 amide bonds. The van der Waals surface area contributed by atoms with E-state index in [1.807, 2.05) is 12.1 Å². The molecule has 0 radical (unpaired) electrons. The van der Waals surface area contributed by atoms with Crippen LogP contribution in [-0.2, 0) is 16.0 Å². The first-order valence-electron chi connectivity index (χ1n) is 7.99. The van der Waals surface area contributed by atoms with Crippen LogP contribution < -0.4 is 5.32 Å². The van der Waals surface area contributed by atoms with Crippen LogP contribution in [0.2, 0.25) is 5.02 Å². The van der Waals surface area contributed by atoms with Gasteiger partial charge in [-0.1, -0.05) is 29.8 Å². The van der Waals surface area contributed by atoms with E-state index in [-0.39, 0.29) is 18.2 Å². The van der Waals surface area contributed by atoms with Crippen molar-refractivity contribution in [2.75, 3.05) is 18.4 Å². The third-order valence-electron chi connectivity index (χ3n) is 3.75. The fourth-order valence-corrected chi connectivity index (χ4v) is 2.49. The molecule has 6 heteroatoms. The monoisotopic (exact) mass is 362 g/mol. The van der Waals surface area contributed by atoms with Crippen LogP contribution in [0.3, 0.4) is 0 Å². The molecule has 0 aliphatic heterocycles. The summed E-state index contributed by atoms with van der Waals surface area (Å²) in [6.07, 6.45) is 0.832. The van der Waals surface area contributed by atoms with Crippen molar-refractivity contribution in [3.05, 3.63) is 64.9 Å². The van der Waals surface area contributed by atoms with Crippen LogP contribution in [0.25, 0.3) is 0 Å². The van der Waals surface area contributed by atoms with Crippen LogP contribution in [0, 0.1) is 5.82 Å². The smallest absolute Gasteiger partial charge is 0.226 e. The van der Waals surface area contributed by atoms with Crippen molar-refractivity contribution in [1.29, 1.82) is 0 Å². The minimum Gasteiger partial charge on any atom is -0.342 e. The third-order valence-corrected chi connectivity index (χ3v) is 4.00. The number of amides is 2. The van der Waals surface area contributed by atoms with Crippen molar-refractivity contribution < 1.29 is 14.0 Å². The van der Waals surface area contributed by atoms with Gasteiger partial charge in [0.2, 0.25) is 11.8 Å². The molecule has 0 saturated heterocycles. The van der Waals surface area contributed by atoms with Gasteiger partial charge >= 0.3 is 0 Å². The number of hydrogen-bond donors (Lipinski definition) is 1. The molecule has 0 spiro atoms. The van der Waals surface area contributed by atoms with Gasteiger partial charge in [-0.05, 0) is 42.3 Å². The van der Waals surface area contributed by atoms with Crippen LogP contribution in [0.5, 0.6) is 0 Å². The summed E-state index contributed by atoms with van der Waals surface area (Å²) in [6.45, 7) is 2.31. The van der Waals surface area contributed by atoms with Crippen LogP contribution in [0.15, 0.2) is 48.5 Å². The molecule has 2 aromatic carbocycles. The Morgan fingerprint density at radius 2 is 1.84 bits per heavy atom. The van der Waals surface area contributed by atoms with Crippen LogP contribution >= 0.6 is 11.6 Å². The summed E-state index contributed by atoms with van der Waals surface area (Å²) >= 11 is 5.85. The number of carbonyl (C=O) groups excluding carboxylic acids is 2. The molecule has 0 unspecified atom stereocenters. The second kappa shape index (κ2) is 9.18. The topological polar surface area (TPSA) is 49.4 Å². The number of hydrogen-bond acceptors (Lipinski definition) is 2. The van der Waals surface area contributed by atoms with E-state index < -0.39 is 5.82 Å². The molecule has 2 rings (SSSR count). The van der Waals surface area contributed by atoms with E-state index in [1.165, 1.54) is 25.1 Å². The number of nitrogens with one attached hydrogen (secondary N) is 1. The SMILES string of the molecule is CC(=O)N(CCC(=O)Nc1cccc(F)c1)CCc1ccc(Cl)cc1. The molecule has 0 aliphatic rings.